The molecule has 1 N–H and O–H groups in total. The van der Waals surface area contributed by atoms with Gasteiger partial charge < -0.3 is 5.32 Å². The minimum atomic E-state index is 0.557. The smallest absolute Gasteiger partial charge is 0.131 e. The molecule has 2 unspecified atom stereocenters. The second-order valence-electron chi connectivity index (χ2n) is 4.13. The molecule has 2 nitrogen and oxygen atoms in total. The van der Waals surface area contributed by atoms with Gasteiger partial charge in [-0.3, -0.25) is 0 Å². The van der Waals surface area contributed by atoms with Crippen LogP contribution in [0.25, 0.3) is 0 Å². The van der Waals surface area contributed by atoms with Gasteiger partial charge in [-0.25, -0.2) is 4.98 Å². The number of nitrogens with zero attached hydrogens (tertiary/aromatic N) is 1. The fourth-order valence-corrected chi connectivity index (χ4v) is 2.24. The van der Waals surface area contributed by atoms with Crippen molar-refractivity contribution in [3.05, 3.63) is 23.5 Å². The molecule has 1 aromatic heterocycles. The molecule has 0 aliphatic heterocycles. The second-order valence-corrected chi connectivity index (χ2v) is 4.51. The van der Waals surface area contributed by atoms with Crippen LogP contribution in [0.4, 0.5) is 5.69 Å². The lowest BCUT2D eigenvalue weighted by Crippen LogP contribution is -2.15. The highest BCUT2D eigenvalue weighted by Crippen LogP contribution is 2.27. The van der Waals surface area contributed by atoms with Crippen molar-refractivity contribution in [1.29, 1.82) is 0 Å². The summed E-state index contributed by atoms with van der Waals surface area (Å²) in [4.78, 5) is 3.95. The van der Waals surface area contributed by atoms with Crippen LogP contribution in [0.3, 0.4) is 0 Å². The van der Waals surface area contributed by atoms with Gasteiger partial charge in [-0.05, 0) is 37.3 Å². The second kappa shape index (κ2) is 4.18. The van der Waals surface area contributed by atoms with E-state index in [4.69, 9.17) is 11.6 Å². The number of halogens is 1. The molecule has 1 aliphatic rings. The van der Waals surface area contributed by atoms with Crippen molar-refractivity contribution in [2.24, 2.45) is 5.92 Å². The minimum Gasteiger partial charge on any atom is -0.382 e. The van der Waals surface area contributed by atoms with E-state index >= 15 is 0 Å². The highest BCUT2D eigenvalue weighted by molar-refractivity contribution is 6.29. The van der Waals surface area contributed by atoms with Gasteiger partial charge in [0, 0.05) is 17.9 Å². The number of hydrogen-bond donors (Lipinski definition) is 1. The van der Waals surface area contributed by atoms with E-state index in [1.807, 2.05) is 12.1 Å². The van der Waals surface area contributed by atoms with Crippen LogP contribution in [0.1, 0.15) is 26.2 Å². The predicted molar refractivity (Wildman–Crippen MR) is 59.7 cm³/mol. The molecule has 76 valence electrons. The highest BCUT2D eigenvalue weighted by atomic mass is 35.5. The van der Waals surface area contributed by atoms with Crippen molar-refractivity contribution >= 4 is 17.3 Å². The molecule has 0 aromatic carbocycles. The van der Waals surface area contributed by atoms with Gasteiger partial charge in [-0.1, -0.05) is 18.5 Å². The van der Waals surface area contributed by atoms with Crippen LogP contribution in [0.2, 0.25) is 5.15 Å². The van der Waals surface area contributed by atoms with Gasteiger partial charge in [0.15, 0.2) is 0 Å². The Labute approximate surface area is 89.7 Å². The number of nitrogens with one attached hydrogen (secondary N) is 1. The first-order chi connectivity index (χ1) is 6.74. The molecule has 1 aromatic rings. The van der Waals surface area contributed by atoms with Crippen molar-refractivity contribution in [3.8, 4) is 0 Å². The fourth-order valence-electron chi connectivity index (χ4n) is 2.07. The Balaban J connectivity index is 1.97. The third-order valence-corrected chi connectivity index (χ3v) is 3.00. The Kier molecular flexibility index (Phi) is 2.92. The SMILES string of the molecule is CC1CCC(Nc2ccnc(Cl)c2)C1. The summed E-state index contributed by atoms with van der Waals surface area (Å²) in [6.45, 7) is 2.31. The average molecular weight is 211 g/mol. The summed E-state index contributed by atoms with van der Waals surface area (Å²) in [5.41, 5.74) is 1.09. The van der Waals surface area contributed by atoms with Gasteiger partial charge in [0.25, 0.3) is 0 Å². The van der Waals surface area contributed by atoms with Crippen LogP contribution in [-0.4, -0.2) is 11.0 Å². The number of aromatic nitrogens is 1. The zero-order chi connectivity index (χ0) is 9.97. The van der Waals surface area contributed by atoms with E-state index in [0.717, 1.165) is 11.6 Å². The molecule has 3 heteroatoms. The number of anilines is 1. The van der Waals surface area contributed by atoms with E-state index in [2.05, 4.69) is 17.2 Å². The lowest BCUT2D eigenvalue weighted by atomic mass is 10.1. The average Bonchev–Trinajstić information content (AvgIpc) is 2.51. The van der Waals surface area contributed by atoms with Gasteiger partial charge in [0.2, 0.25) is 0 Å². The van der Waals surface area contributed by atoms with Crippen LogP contribution >= 0.6 is 11.6 Å². The number of rotatable bonds is 2. The third kappa shape index (κ3) is 2.38. The molecule has 0 radical (unpaired) electrons. The molecule has 0 bridgehead atoms. The summed E-state index contributed by atoms with van der Waals surface area (Å²) >= 11 is 5.81. The third-order valence-electron chi connectivity index (χ3n) is 2.79. The van der Waals surface area contributed by atoms with E-state index in [1.165, 1.54) is 19.3 Å². The van der Waals surface area contributed by atoms with Gasteiger partial charge in [0.1, 0.15) is 5.15 Å². The van der Waals surface area contributed by atoms with Crippen LogP contribution in [0, 0.1) is 5.92 Å². The van der Waals surface area contributed by atoms with E-state index in [9.17, 15) is 0 Å². The summed E-state index contributed by atoms with van der Waals surface area (Å²) in [5, 5.41) is 4.04. The molecule has 0 amide bonds. The van der Waals surface area contributed by atoms with Crippen molar-refractivity contribution in [2.45, 2.75) is 32.2 Å². The summed E-state index contributed by atoms with van der Waals surface area (Å²) in [6.07, 6.45) is 5.60. The van der Waals surface area contributed by atoms with Crippen LogP contribution < -0.4 is 5.32 Å². The van der Waals surface area contributed by atoms with Gasteiger partial charge in [-0.2, -0.15) is 0 Å². The molecule has 1 heterocycles. The fraction of sp³-hybridized carbons (Fsp3) is 0.545. The van der Waals surface area contributed by atoms with Crippen molar-refractivity contribution < 1.29 is 0 Å². The summed E-state index contributed by atoms with van der Waals surface area (Å²) in [6, 6.07) is 4.46. The zero-order valence-electron chi connectivity index (χ0n) is 8.33. The first kappa shape index (κ1) is 9.78. The molecule has 0 saturated heterocycles. The number of pyridine rings is 1. The first-order valence-electron chi connectivity index (χ1n) is 5.12. The van der Waals surface area contributed by atoms with Crippen molar-refractivity contribution in [2.75, 3.05) is 5.32 Å². The van der Waals surface area contributed by atoms with Crippen LogP contribution in [-0.2, 0) is 0 Å². The standard InChI is InChI=1S/C11H15ClN2/c1-8-2-3-9(6-8)14-10-4-5-13-11(12)7-10/h4-5,7-9H,2-3,6H2,1H3,(H,13,14). The summed E-state index contributed by atoms with van der Waals surface area (Å²) in [5.74, 6) is 0.852. The Bertz CT molecular complexity index is 314. The van der Waals surface area contributed by atoms with Gasteiger partial charge in [0.05, 0.1) is 0 Å². The first-order valence-corrected chi connectivity index (χ1v) is 5.50. The lowest BCUT2D eigenvalue weighted by Gasteiger charge is -2.13. The molecule has 1 fully saturated rings. The van der Waals surface area contributed by atoms with E-state index < -0.39 is 0 Å². The highest BCUT2D eigenvalue weighted by Gasteiger charge is 2.20. The summed E-state index contributed by atoms with van der Waals surface area (Å²) < 4.78 is 0. The van der Waals surface area contributed by atoms with Crippen LogP contribution in [0.15, 0.2) is 18.3 Å². The number of hydrogen-bond acceptors (Lipinski definition) is 2. The van der Waals surface area contributed by atoms with E-state index in [0.29, 0.717) is 11.2 Å². The monoisotopic (exact) mass is 210 g/mol. The molecule has 2 atom stereocenters. The molecule has 2 rings (SSSR count). The van der Waals surface area contributed by atoms with E-state index in [-0.39, 0.29) is 0 Å². The topological polar surface area (TPSA) is 24.9 Å². The minimum absolute atomic E-state index is 0.557. The van der Waals surface area contributed by atoms with Crippen molar-refractivity contribution in [3.63, 3.8) is 0 Å². The molecule has 1 aliphatic carbocycles. The molecular weight excluding hydrogens is 196 g/mol. The normalized spacial score (nSPS) is 26.4. The molecule has 0 spiro atoms. The quantitative estimate of drug-likeness (QED) is 0.758. The Morgan fingerprint density at radius 2 is 2.36 bits per heavy atom. The van der Waals surface area contributed by atoms with Crippen LogP contribution in [0.5, 0.6) is 0 Å². The van der Waals surface area contributed by atoms with Gasteiger partial charge in [-0.15, -0.1) is 0 Å². The Morgan fingerprint density at radius 3 is 3.00 bits per heavy atom. The maximum Gasteiger partial charge on any atom is 0.131 e. The molecule has 1 saturated carbocycles. The van der Waals surface area contributed by atoms with E-state index in [1.54, 1.807) is 6.20 Å². The largest absolute Gasteiger partial charge is 0.382 e. The molecular formula is C11H15ClN2. The Hall–Kier alpha value is -0.760. The zero-order valence-corrected chi connectivity index (χ0v) is 9.09. The predicted octanol–water partition coefficient (Wildman–Crippen LogP) is 3.34. The van der Waals surface area contributed by atoms with Crippen molar-refractivity contribution in [1.82, 2.24) is 4.98 Å². The Morgan fingerprint density at radius 1 is 1.50 bits per heavy atom. The lowest BCUT2D eigenvalue weighted by molar-refractivity contribution is 0.602. The van der Waals surface area contributed by atoms with Gasteiger partial charge >= 0.3 is 0 Å². The maximum absolute atomic E-state index is 5.81. The summed E-state index contributed by atoms with van der Waals surface area (Å²) in [7, 11) is 0. The maximum atomic E-state index is 5.81. The molecule has 14 heavy (non-hydrogen) atoms.